The Kier molecular flexibility index (Phi) is 6.61. The van der Waals surface area contributed by atoms with Crippen molar-refractivity contribution in [3.05, 3.63) is 0 Å². The van der Waals surface area contributed by atoms with Gasteiger partial charge in [-0.25, -0.2) is 0 Å². The number of hydrogen-bond donors (Lipinski definition) is 1. The second-order valence-electron chi connectivity index (χ2n) is 6.12. The van der Waals surface area contributed by atoms with Crippen LogP contribution in [-0.2, 0) is 14.3 Å². The van der Waals surface area contributed by atoms with Gasteiger partial charge in [0, 0.05) is 32.2 Å². The topological polar surface area (TPSA) is 75.9 Å². The molecule has 0 aliphatic carbocycles. The lowest BCUT2D eigenvalue weighted by Crippen LogP contribution is -2.59. The smallest absolute Gasteiger partial charge is 0.307 e. The van der Waals surface area contributed by atoms with Crippen molar-refractivity contribution in [1.29, 1.82) is 0 Å². The summed E-state index contributed by atoms with van der Waals surface area (Å²) in [4.78, 5) is 27.8. The number of methoxy groups -OCH3 is 1. The highest BCUT2D eigenvalue weighted by Gasteiger charge is 2.34. The van der Waals surface area contributed by atoms with E-state index in [1.807, 2.05) is 25.7 Å². The molecule has 1 heterocycles. The summed E-state index contributed by atoms with van der Waals surface area (Å²) in [6.07, 6.45) is 1.98. The molecule has 1 aliphatic heterocycles. The first-order valence-electron chi connectivity index (χ1n) is 7.71. The second-order valence-corrected chi connectivity index (χ2v) is 6.12. The third-order valence-electron chi connectivity index (χ3n) is 4.17. The molecule has 21 heavy (non-hydrogen) atoms. The number of nitrogens with two attached hydrogens (primary N) is 1. The van der Waals surface area contributed by atoms with Gasteiger partial charge in [-0.05, 0) is 20.3 Å². The van der Waals surface area contributed by atoms with Crippen LogP contribution in [0.3, 0.4) is 0 Å². The van der Waals surface area contributed by atoms with Crippen LogP contribution in [0.4, 0.5) is 0 Å². The molecule has 6 heteroatoms. The lowest BCUT2D eigenvalue weighted by molar-refractivity contribution is -0.143. The van der Waals surface area contributed by atoms with Crippen molar-refractivity contribution in [2.45, 2.75) is 51.6 Å². The molecule has 1 rings (SSSR count). The van der Waals surface area contributed by atoms with E-state index in [1.165, 1.54) is 7.11 Å². The highest BCUT2D eigenvalue weighted by Crippen LogP contribution is 2.16. The van der Waals surface area contributed by atoms with Gasteiger partial charge in [0.05, 0.1) is 19.1 Å². The minimum absolute atomic E-state index is 0.0321. The lowest BCUT2D eigenvalue weighted by Gasteiger charge is -2.40. The fourth-order valence-corrected chi connectivity index (χ4v) is 2.81. The van der Waals surface area contributed by atoms with Gasteiger partial charge in [0.15, 0.2) is 0 Å². The van der Waals surface area contributed by atoms with Gasteiger partial charge in [-0.15, -0.1) is 0 Å². The Bertz CT molecular complexity index is 363. The summed E-state index contributed by atoms with van der Waals surface area (Å²) in [6.45, 7) is 8.73. The van der Waals surface area contributed by atoms with Crippen molar-refractivity contribution < 1.29 is 14.3 Å². The summed E-state index contributed by atoms with van der Waals surface area (Å²) in [6, 6.07) is 0.134. The van der Waals surface area contributed by atoms with E-state index in [0.717, 1.165) is 19.5 Å². The maximum Gasteiger partial charge on any atom is 0.307 e. The van der Waals surface area contributed by atoms with Gasteiger partial charge in [0.2, 0.25) is 5.91 Å². The van der Waals surface area contributed by atoms with Crippen LogP contribution in [0.25, 0.3) is 0 Å². The Morgan fingerprint density at radius 1 is 1.29 bits per heavy atom. The van der Waals surface area contributed by atoms with Crippen LogP contribution in [-0.4, -0.2) is 66.5 Å². The van der Waals surface area contributed by atoms with E-state index >= 15 is 0 Å². The summed E-state index contributed by atoms with van der Waals surface area (Å²) in [5.74, 6) is -0.164. The molecule has 1 fully saturated rings. The zero-order valence-electron chi connectivity index (χ0n) is 13.7. The third kappa shape index (κ3) is 4.97. The van der Waals surface area contributed by atoms with Gasteiger partial charge < -0.3 is 15.4 Å². The van der Waals surface area contributed by atoms with Crippen molar-refractivity contribution in [3.8, 4) is 0 Å². The SMILES string of the molecule is CCCC(C)(N)C(=O)N1CCN(C(C)CC(=O)OC)CC1. The van der Waals surface area contributed by atoms with Crippen LogP contribution in [0, 0.1) is 0 Å². The van der Waals surface area contributed by atoms with Crippen LogP contribution < -0.4 is 5.73 Å². The fourth-order valence-electron chi connectivity index (χ4n) is 2.81. The summed E-state index contributed by atoms with van der Waals surface area (Å²) >= 11 is 0. The highest BCUT2D eigenvalue weighted by atomic mass is 16.5. The quantitative estimate of drug-likeness (QED) is 0.727. The average Bonchev–Trinajstić information content (AvgIpc) is 2.46. The summed E-state index contributed by atoms with van der Waals surface area (Å²) < 4.78 is 4.70. The van der Waals surface area contributed by atoms with E-state index in [0.29, 0.717) is 25.9 Å². The van der Waals surface area contributed by atoms with Gasteiger partial charge >= 0.3 is 5.97 Å². The van der Waals surface area contributed by atoms with Crippen LogP contribution in [0.2, 0.25) is 0 Å². The number of piperazine rings is 1. The molecular formula is C15H29N3O3. The highest BCUT2D eigenvalue weighted by molar-refractivity contribution is 5.85. The monoisotopic (exact) mass is 299 g/mol. The number of carbonyl (C=O) groups is 2. The molecule has 1 amide bonds. The predicted molar refractivity (Wildman–Crippen MR) is 81.7 cm³/mol. The Hall–Kier alpha value is -1.14. The van der Waals surface area contributed by atoms with Crippen molar-refractivity contribution in [1.82, 2.24) is 9.80 Å². The number of ether oxygens (including phenoxy) is 1. The van der Waals surface area contributed by atoms with Crippen molar-refractivity contribution in [2.24, 2.45) is 5.73 Å². The number of amides is 1. The zero-order chi connectivity index (χ0) is 16.0. The molecule has 1 aliphatic rings. The zero-order valence-corrected chi connectivity index (χ0v) is 13.7. The number of nitrogens with zero attached hydrogens (tertiary/aromatic N) is 2. The molecular weight excluding hydrogens is 270 g/mol. The lowest BCUT2D eigenvalue weighted by atomic mass is 9.95. The molecule has 2 unspecified atom stereocenters. The van der Waals surface area contributed by atoms with E-state index in [-0.39, 0.29) is 17.9 Å². The van der Waals surface area contributed by atoms with E-state index < -0.39 is 5.54 Å². The molecule has 0 saturated carbocycles. The fraction of sp³-hybridized carbons (Fsp3) is 0.867. The second kappa shape index (κ2) is 7.75. The van der Waals surface area contributed by atoms with Gasteiger partial charge in [-0.3, -0.25) is 14.5 Å². The molecule has 2 N–H and O–H groups in total. The number of carbonyl (C=O) groups excluding carboxylic acids is 2. The number of rotatable bonds is 6. The summed E-state index contributed by atoms with van der Waals surface area (Å²) in [7, 11) is 1.40. The molecule has 0 aromatic rings. The van der Waals surface area contributed by atoms with Gasteiger partial charge in [-0.1, -0.05) is 13.3 Å². The summed E-state index contributed by atoms with van der Waals surface area (Å²) in [5.41, 5.74) is 5.34. The standard InChI is InChI=1S/C15H29N3O3/c1-5-6-15(3,16)14(20)18-9-7-17(8-10-18)12(2)11-13(19)21-4/h12H,5-11,16H2,1-4H3. The Labute approximate surface area is 127 Å². The van der Waals surface area contributed by atoms with Crippen LogP contribution >= 0.6 is 0 Å². The maximum atomic E-state index is 12.4. The van der Waals surface area contributed by atoms with Crippen molar-refractivity contribution >= 4 is 11.9 Å². The Morgan fingerprint density at radius 3 is 2.33 bits per heavy atom. The molecule has 0 aromatic carbocycles. The van der Waals surface area contributed by atoms with E-state index in [2.05, 4.69) is 4.90 Å². The molecule has 0 bridgehead atoms. The molecule has 0 radical (unpaired) electrons. The van der Waals surface area contributed by atoms with E-state index in [4.69, 9.17) is 10.5 Å². The first-order valence-corrected chi connectivity index (χ1v) is 7.71. The first-order chi connectivity index (χ1) is 9.81. The minimum Gasteiger partial charge on any atom is -0.469 e. The van der Waals surface area contributed by atoms with Crippen molar-refractivity contribution in [2.75, 3.05) is 33.3 Å². The largest absolute Gasteiger partial charge is 0.469 e. The van der Waals surface area contributed by atoms with Crippen LogP contribution in [0.1, 0.15) is 40.0 Å². The third-order valence-corrected chi connectivity index (χ3v) is 4.17. The van der Waals surface area contributed by atoms with Gasteiger partial charge in [-0.2, -0.15) is 0 Å². The summed E-state index contributed by atoms with van der Waals surface area (Å²) in [5, 5.41) is 0. The van der Waals surface area contributed by atoms with Crippen LogP contribution in [0.5, 0.6) is 0 Å². The average molecular weight is 299 g/mol. The number of hydrogen-bond acceptors (Lipinski definition) is 5. The van der Waals surface area contributed by atoms with Crippen LogP contribution in [0.15, 0.2) is 0 Å². The minimum atomic E-state index is -0.769. The number of esters is 1. The van der Waals surface area contributed by atoms with Gasteiger partial charge in [0.1, 0.15) is 0 Å². The Balaban J connectivity index is 2.48. The normalized spacial score (nSPS) is 20.7. The first kappa shape index (κ1) is 17.9. The van der Waals surface area contributed by atoms with E-state index in [1.54, 1.807) is 0 Å². The molecule has 1 saturated heterocycles. The van der Waals surface area contributed by atoms with Crippen molar-refractivity contribution in [3.63, 3.8) is 0 Å². The van der Waals surface area contributed by atoms with Gasteiger partial charge in [0.25, 0.3) is 0 Å². The molecule has 0 aromatic heterocycles. The Morgan fingerprint density at radius 2 is 1.86 bits per heavy atom. The molecule has 2 atom stereocenters. The molecule has 6 nitrogen and oxygen atoms in total. The molecule has 122 valence electrons. The predicted octanol–water partition coefficient (Wildman–Crippen LogP) is 0.600. The molecule has 0 spiro atoms. The van der Waals surface area contributed by atoms with E-state index in [9.17, 15) is 9.59 Å². The maximum absolute atomic E-state index is 12.4.